The second-order valence-corrected chi connectivity index (χ2v) is 5.91. The lowest BCUT2D eigenvalue weighted by Crippen LogP contribution is -2.36. The van der Waals surface area contributed by atoms with E-state index in [0.29, 0.717) is 6.04 Å². The Morgan fingerprint density at radius 3 is 2.65 bits per heavy atom. The van der Waals surface area contributed by atoms with E-state index in [-0.39, 0.29) is 6.10 Å². The molecule has 20 heavy (non-hydrogen) atoms. The number of benzene rings is 1. The summed E-state index contributed by atoms with van der Waals surface area (Å²) in [5, 5.41) is 9.71. The maximum absolute atomic E-state index is 9.71. The molecule has 1 heterocycles. The molecule has 1 aromatic rings. The molecule has 0 aromatic heterocycles. The zero-order valence-electron chi connectivity index (χ0n) is 12.7. The molecule has 0 amide bonds. The van der Waals surface area contributed by atoms with Crippen LogP contribution in [0.1, 0.15) is 44.6 Å². The Kier molecular flexibility index (Phi) is 5.86. The second-order valence-electron chi connectivity index (χ2n) is 5.91. The van der Waals surface area contributed by atoms with Crippen molar-refractivity contribution >= 4 is 0 Å². The Bertz CT molecular complexity index is 388. The van der Waals surface area contributed by atoms with Crippen LogP contribution in [0.15, 0.2) is 24.3 Å². The number of likely N-dealkylation sites (tertiary alicyclic amines) is 1. The van der Waals surface area contributed by atoms with E-state index >= 15 is 0 Å². The summed E-state index contributed by atoms with van der Waals surface area (Å²) < 4.78 is 5.21. The fourth-order valence-electron chi connectivity index (χ4n) is 3.07. The van der Waals surface area contributed by atoms with Gasteiger partial charge in [0, 0.05) is 12.6 Å². The lowest BCUT2D eigenvalue weighted by molar-refractivity contribution is 0.108. The summed E-state index contributed by atoms with van der Waals surface area (Å²) in [6.07, 6.45) is 5.76. The van der Waals surface area contributed by atoms with E-state index in [2.05, 4.69) is 17.0 Å². The first kappa shape index (κ1) is 15.3. The summed E-state index contributed by atoms with van der Waals surface area (Å²) >= 11 is 0. The van der Waals surface area contributed by atoms with Gasteiger partial charge >= 0.3 is 0 Å². The molecule has 1 saturated heterocycles. The quantitative estimate of drug-likeness (QED) is 0.897. The van der Waals surface area contributed by atoms with E-state index in [0.717, 1.165) is 25.3 Å². The van der Waals surface area contributed by atoms with Crippen molar-refractivity contribution in [3.63, 3.8) is 0 Å². The van der Waals surface area contributed by atoms with E-state index in [9.17, 15) is 5.11 Å². The molecule has 1 aliphatic heterocycles. The SMILES string of the molecule is COc1ccc(CN2CCCCCC2CC(C)O)cc1. The largest absolute Gasteiger partial charge is 0.497 e. The van der Waals surface area contributed by atoms with Crippen LogP contribution in [0.3, 0.4) is 0 Å². The molecule has 0 bridgehead atoms. The minimum Gasteiger partial charge on any atom is -0.497 e. The zero-order chi connectivity index (χ0) is 14.4. The highest BCUT2D eigenvalue weighted by Crippen LogP contribution is 2.23. The third-order valence-corrected chi connectivity index (χ3v) is 4.16. The van der Waals surface area contributed by atoms with Gasteiger partial charge in [-0.15, -0.1) is 0 Å². The van der Waals surface area contributed by atoms with Crippen LogP contribution in [0.2, 0.25) is 0 Å². The summed E-state index contributed by atoms with van der Waals surface area (Å²) in [7, 11) is 1.70. The minimum absolute atomic E-state index is 0.212. The van der Waals surface area contributed by atoms with Gasteiger partial charge in [0.1, 0.15) is 5.75 Å². The lowest BCUT2D eigenvalue weighted by atomic mass is 10.0. The van der Waals surface area contributed by atoms with Gasteiger partial charge in [0.05, 0.1) is 13.2 Å². The van der Waals surface area contributed by atoms with E-state index in [4.69, 9.17) is 4.74 Å². The van der Waals surface area contributed by atoms with Crippen molar-refractivity contribution in [2.75, 3.05) is 13.7 Å². The highest BCUT2D eigenvalue weighted by atomic mass is 16.5. The predicted molar refractivity (Wildman–Crippen MR) is 82.0 cm³/mol. The third kappa shape index (κ3) is 4.50. The van der Waals surface area contributed by atoms with Crippen LogP contribution in [0.4, 0.5) is 0 Å². The number of ether oxygens (including phenoxy) is 1. The molecular weight excluding hydrogens is 250 g/mol. The molecule has 0 aliphatic carbocycles. The Balaban J connectivity index is 2.01. The molecule has 0 spiro atoms. The van der Waals surface area contributed by atoms with Gasteiger partial charge in [0.15, 0.2) is 0 Å². The van der Waals surface area contributed by atoms with E-state index in [1.54, 1.807) is 7.11 Å². The number of aliphatic hydroxyl groups excluding tert-OH is 1. The van der Waals surface area contributed by atoms with Crippen LogP contribution in [0.25, 0.3) is 0 Å². The van der Waals surface area contributed by atoms with Crippen molar-refractivity contribution in [3.05, 3.63) is 29.8 Å². The van der Waals surface area contributed by atoms with Crippen LogP contribution in [-0.4, -0.2) is 35.8 Å². The van der Waals surface area contributed by atoms with E-state index < -0.39 is 0 Å². The molecule has 2 atom stereocenters. The number of methoxy groups -OCH3 is 1. The fraction of sp³-hybridized carbons (Fsp3) is 0.647. The summed E-state index contributed by atoms with van der Waals surface area (Å²) in [4.78, 5) is 2.54. The summed E-state index contributed by atoms with van der Waals surface area (Å²) in [6.45, 7) is 4.02. The van der Waals surface area contributed by atoms with E-state index in [1.165, 1.54) is 31.2 Å². The van der Waals surface area contributed by atoms with Crippen molar-refractivity contribution in [2.24, 2.45) is 0 Å². The van der Waals surface area contributed by atoms with Crippen LogP contribution < -0.4 is 4.74 Å². The van der Waals surface area contributed by atoms with Gasteiger partial charge in [-0.1, -0.05) is 25.0 Å². The lowest BCUT2D eigenvalue weighted by Gasteiger charge is -2.31. The third-order valence-electron chi connectivity index (χ3n) is 4.16. The Morgan fingerprint density at radius 1 is 1.25 bits per heavy atom. The van der Waals surface area contributed by atoms with Gasteiger partial charge in [0.2, 0.25) is 0 Å². The first-order valence-corrected chi connectivity index (χ1v) is 7.74. The highest BCUT2D eigenvalue weighted by Gasteiger charge is 2.22. The topological polar surface area (TPSA) is 32.7 Å². The molecule has 1 fully saturated rings. The number of aliphatic hydroxyl groups is 1. The van der Waals surface area contributed by atoms with Crippen molar-refractivity contribution in [1.29, 1.82) is 0 Å². The molecule has 0 saturated carbocycles. The van der Waals surface area contributed by atoms with Gasteiger partial charge < -0.3 is 9.84 Å². The number of hydrogen-bond donors (Lipinski definition) is 1. The summed E-state index contributed by atoms with van der Waals surface area (Å²) in [6, 6.07) is 8.85. The van der Waals surface area contributed by atoms with Gasteiger partial charge in [-0.05, 0) is 50.4 Å². The smallest absolute Gasteiger partial charge is 0.118 e. The Hall–Kier alpha value is -1.06. The molecule has 3 heteroatoms. The minimum atomic E-state index is -0.212. The number of hydrogen-bond acceptors (Lipinski definition) is 3. The molecule has 2 unspecified atom stereocenters. The fourth-order valence-corrected chi connectivity index (χ4v) is 3.07. The Labute approximate surface area is 122 Å². The van der Waals surface area contributed by atoms with Gasteiger partial charge in [0.25, 0.3) is 0 Å². The number of nitrogens with zero attached hydrogens (tertiary/aromatic N) is 1. The highest BCUT2D eigenvalue weighted by molar-refractivity contribution is 5.27. The zero-order valence-corrected chi connectivity index (χ0v) is 12.7. The molecular formula is C17H27NO2. The maximum Gasteiger partial charge on any atom is 0.118 e. The van der Waals surface area contributed by atoms with Crippen LogP contribution in [0, 0.1) is 0 Å². The normalized spacial score (nSPS) is 22.2. The van der Waals surface area contributed by atoms with Crippen LogP contribution >= 0.6 is 0 Å². The molecule has 1 aromatic carbocycles. The first-order chi connectivity index (χ1) is 9.69. The van der Waals surface area contributed by atoms with Crippen LogP contribution in [-0.2, 0) is 6.54 Å². The monoisotopic (exact) mass is 277 g/mol. The van der Waals surface area contributed by atoms with Gasteiger partial charge in [-0.25, -0.2) is 0 Å². The molecule has 0 radical (unpaired) electrons. The maximum atomic E-state index is 9.71. The number of rotatable bonds is 5. The molecule has 2 rings (SSSR count). The molecule has 3 nitrogen and oxygen atoms in total. The molecule has 1 N–H and O–H groups in total. The standard InChI is InChI=1S/C17H27NO2/c1-14(19)12-16-6-4-3-5-11-18(16)13-15-7-9-17(20-2)10-8-15/h7-10,14,16,19H,3-6,11-13H2,1-2H3. The predicted octanol–water partition coefficient (Wildman–Crippen LogP) is 3.21. The summed E-state index contributed by atoms with van der Waals surface area (Å²) in [5.74, 6) is 0.908. The second kappa shape index (κ2) is 7.65. The van der Waals surface area contributed by atoms with Crippen molar-refractivity contribution in [3.8, 4) is 5.75 Å². The molecule has 1 aliphatic rings. The van der Waals surface area contributed by atoms with Crippen molar-refractivity contribution in [1.82, 2.24) is 4.90 Å². The Morgan fingerprint density at radius 2 is 2.00 bits per heavy atom. The average Bonchev–Trinajstić information content (AvgIpc) is 2.65. The van der Waals surface area contributed by atoms with Gasteiger partial charge in [-0.2, -0.15) is 0 Å². The summed E-state index contributed by atoms with van der Waals surface area (Å²) in [5.41, 5.74) is 1.32. The van der Waals surface area contributed by atoms with Crippen molar-refractivity contribution in [2.45, 2.75) is 57.7 Å². The first-order valence-electron chi connectivity index (χ1n) is 7.74. The van der Waals surface area contributed by atoms with E-state index in [1.807, 2.05) is 19.1 Å². The molecule has 112 valence electrons. The van der Waals surface area contributed by atoms with Crippen molar-refractivity contribution < 1.29 is 9.84 Å². The van der Waals surface area contributed by atoms with Gasteiger partial charge in [-0.3, -0.25) is 4.90 Å². The van der Waals surface area contributed by atoms with Crippen LogP contribution in [0.5, 0.6) is 5.75 Å². The average molecular weight is 277 g/mol.